The second kappa shape index (κ2) is 31.5. The Balaban J connectivity index is 0. The Morgan fingerprint density at radius 3 is 0.900 bits per heavy atom. The second-order valence-electron chi connectivity index (χ2n) is 12.4. The Bertz CT molecular complexity index is 513. The van der Waals surface area contributed by atoms with Crippen molar-refractivity contribution in [3.63, 3.8) is 0 Å². The standard InChI is InChI=1S/C35H70NO3.ClH/c1-4-6-8-10-12-14-16-18-20-22-24-26-28-30-34(38)36(3,32-33-37)35(39)31-29-27-25-23-21-19-17-15-13-11-9-7-5-2;/h37H,4-33H2,1-3H3;1H/q+1;/p-1. The minimum Gasteiger partial charge on any atom is -1.00 e. The number of amides is 2. The number of nitrogens with zero attached hydrogens (tertiary/aromatic N) is 1. The number of imide groups is 1. The molecule has 0 atom stereocenters. The van der Waals surface area contributed by atoms with Gasteiger partial charge in [0.15, 0.2) is 0 Å². The summed E-state index contributed by atoms with van der Waals surface area (Å²) in [4.78, 5) is 25.9. The number of hydrogen-bond acceptors (Lipinski definition) is 3. The van der Waals surface area contributed by atoms with Crippen molar-refractivity contribution in [3.05, 3.63) is 0 Å². The molecule has 0 fully saturated rings. The molecule has 0 saturated carbocycles. The van der Waals surface area contributed by atoms with Gasteiger partial charge in [-0.15, -0.1) is 0 Å². The lowest BCUT2D eigenvalue weighted by molar-refractivity contribution is -0.759. The molecule has 240 valence electrons. The fraction of sp³-hybridized carbons (Fsp3) is 0.943. The molecule has 0 aromatic rings. The average Bonchev–Trinajstić information content (AvgIpc) is 2.93. The van der Waals surface area contributed by atoms with Crippen molar-refractivity contribution in [1.29, 1.82) is 0 Å². The predicted molar refractivity (Wildman–Crippen MR) is 169 cm³/mol. The van der Waals surface area contributed by atoms with Crippen LogP contribution in [0.3, 0.4) is 0 Å². The van der Waals surface area contributed by atoms with E-state index in [0.717, 1.165) is 25.7 Å². The molecule has 0 saturated heterocycles. The Labute approximate surface area is 256 Å². The van der Waals surface area contributed by atoms with Crippen molar-refractivity contribution < 1.29 is 31.6 Å². The van der Waals surface area contributed by atoms with Gasteiger partial charge in [-0.1, -0.05) is 168 Å². The van der Waals surface area contributed by atoms with E-state index in [2.05, 4.69) is 13.8 Å². The molecule has 0 heterocycles. The third kappa shape index (κ3) is 24.2. The van der Waals surface area contributed by atoms with E-state index in [9.17, 15) is 14.7 Å². The van der Waals surface area contributed by atoms with Gasteiger partial charge in [0.25, 0.3) is 0 Å². The molecule has 0 radical (unpaired) electrons. The quantitative estimate of drug-likeness (QED) is 0.0701. The predicted octanol–water partition coefficient (Wildman–Crippen LogP) is 7.45. The number of aliphatic hydroxyl groups is 1. The van der Waals surface area contributed by atoms with Crippen LogP contribution in [0.25, 0.3) is 0 Å². The summed E-state index contributed by atoms with van der Waals surface area (Å²) in [6.07, 6.45) is 34.2. The van der Waals surface area contributed by atoms with Gasteiger partial charge in [-0.2, -0.15) is 4.48 Å². The number of carbonyl (C=O) groups is 2. The first-order valence-electron chi connectivity index (χ1n) is 17.6. The number of carbonyl (C=O) groups excluding carboxylic acids is 2. The summed E-state index contributed by atoms with van der Waals surface area (Å²) in [6.45, 7) is 4.63. The van der Waals surface area contributed by atoms with Gasteiger partial charge in [0.05, 0.1) is 26.5 Å². The van der Waals surface area contributed by atoms with E-state index < -0.39 is 0 Å². The van der Waals surface area contributed by atoms with E-state index in [-0.39, 0.29) is 41.9 Å². The highest BCUT2D eigenvalue weighted by Crippen LogP contribution is 2.18. The first-order valence-corrected chi connectivity index (χ1v) is 17.6. The summed E-state index contributed by atoms with van der Waals surface area (Å²) in [5.41, 5.74) is 0. The van der Waals surface area contributed by atoms with Crippen LogP contribution in [0.5, 0.6) is 0 Å². The van der Waals surface area contributed by atoms with Gasteiger partial charge in [-0.05, 0) is 12.8 Å². The van der Waals surface area contributed by atoms with Crippen molar-refractivity contribution in [3.8, 4) is 0 Å². The molecule has 0 aliphatic heterocycles. The van der Waals surface area contributed by atoms with Gasteiger partial charge in [0, 0.05) is 0 Å². The van der Waals surface area contributed by atoms with Gasteiger partial charge < -0.3 is 17.5 Å². The van der Waals surface area contributed by atoms with Crippen LogP contribution >= 0.6 is 0 Å². The minimum absolute atomic E-state index is 0. The average molecular weight is 588 g/mol. The number of unbranched alkanes of at least 4 members (excludes halogenated alkanes) is 24. The molecule has 40 heavy (non-hydrogen) atoms. The van der Waals surface area contributed by atoms with Crippen LogP contribution in [0.2, 0.25) is 0 Å². The van der Waals surface area contributed by atoms with Gasteiger partial charge in [0.1, 0.15) is 6.54 Å². The SMILES string of the molecule is CCCCCCCCCCCCCCCC(=O)[N+](C)(CCO)C(=O)CCCCCCCCCCCCCCC.[Cl-]. The first-order chi connectivity index (χ1) is 19.0. The zero-order valence-corrected chi connectivity index (χ0v) is 28.1. The smallest absolute Gasteiger partial charge is 0.320 e. The monoisotopic (exact) mass is 588 g/mol. The summed E-state index contributed by atoms with van der Waals surface area (Å²) in [7, 11) is 1.73. The van der Waals surface area contributed by atoms with Crippen molar-refractivity contribution >= 4 is 11.8 Å². The van der Waals surface area contributed by atoms with Gasteiger partial charge in [-0.25, -0.2) is 9.59 Å². The van der Waals surface area contributed by atoms with Crippen LogP contribution in [0.4, 0.5) is 0 Å². The van der Waals surface area contributed by atoms with Crippen LogP contribution in [0, 0.1) is 0 Å². The molecule has 0 aromatic heterocycles. The topological polar surface area (TPSA) is 54.4 Å². The normalized spacial score (nSPS) is 11.5. The number of aliphatic hydroxyl groups excluding tert-OH is 1. The summed E-state index contributed by atoms with van der Waals surface area (Å²) in [5, 5.41) is 9.55. The van der Waals surface area contributed by atoms with Gasteiger partial charge in [0.2, 0.25) is 0 Å². The number of quaternary nitrogens is 1. The van der Waals surface area contributed by atoms with E-state index in [4.69, 9.17) is 0 Å². The van der Waals surface area contributed by atoms with Crippen LogP contribution in [-0.2, 0) is 9.59 Å². The largest absolute Gasteiger partial charge is 1.00 e. The third-order valence-corrected chi connectivity index (χ3v) is 8.64. The molecule has 1 N–H and O–H groups in total. The Hall–Kier alpha value is -0.450. The fourth-order valence-corrected chi connectivity index (χ4v) is 5.67. The van der Waals surface area contributed by atoms with Crippen LogP contribution in [-0.4, -0.2) is 41.6 Å². The highest BCUT2D eigenvalue weighted by molar-refractivity contribution is 5.84. The summed E-state index contributed by atoms with van der Waals surface area (Å²) in [6, 6.07) is 0. The Kier molecular flexibility index (Phi) is 32.8. The third-order valence-electron chi connectivity index (χ3n) is 8.64. The Morgan fingerprint density at radius 1 is 0.450 bits per heavy atom. The van der Waals surface area contributed by atoms with E-state index in [0.29, 0.717) is 12.8 Å². The molecular weight excluding hydrogens is 518 g/mol. The molecule has 5 heteroatoms. The molecule has 0 aromatic carbocycles. The van der Waals surface area contributed by atoms with Gasteiger partial charge >= 0.3 is 11.8 Å². The highest BCUT2D eigenvalue weighted by Gasteiger charge is 2.38. The number of rotatable bonds is 30. The molecule has 0 spiro atoms. The molecule has 0 aliphatic carbocycles. The van der Waals surface area contributed by atoms with Crippen molar-refractivity contribution in [2.45, 2.75) is 194 Å². The molecule has 0 bridgehead atoms. The Morgan fingerprint density at radius 2 is 0.675 bits per heavy atom. The molecular formula is C35H70ClNO3. The van der Waals surface area contributed by atoms with E-state index in [1.165, 1.54) is 141 Å². The van der Waals surface area contributed by atoms with E-state index in [1.54, 1.807) is 7.05 Å². The maximum absolute atomic E-state index is 13.0. The molecule has 0 rings (SSSR count). The van der Waals surface area contributed by atoms with Crippen LogP contribution < -0.4 is 12.4 Å². The molecule has 2 amide bonds. The lowest BCUT2D eigenvalue weighted by atomic mass is 10.0. The lowest BCUT2D eigenvalue weighted by Crippen LogP contribution is -3.00. The minimum atomic E-state index is -0.215. The van der Waals surface area contributed by atoms with E-state index in [1.807, 2.05) is 0 Å². The van der Waals surface area contributed by atoms with Crippen molar-refractivity contribution in [2.24, 2.45) is 0 Å². The van der Waals surface area contributed by atoms with Crippen molar-refractivity contribution in [1.82, 2.24) is 0 Å². The zero-order valence-electron chi connectivity index (χ0n) is 27.3. The number of hydrogen-bond donors (Lipinski definition) is 1. The summed E-state index contributed by atoms with van der Waals surface area (Å²) < 4.78 is -0.215. The maximum Gasteiger partial charge on any atom is 0.320 e. The zero-order chi connectivity index (χ0) is 28.9. The van der Waals surface area contributed by atoms with E-state index >= 15 is 0 Å². The molecule has 0 unspecified atom stereocenters. The van der Waals surface area contributed by atoms with Crippen molar-refractivity contribution in [2.75, 3.05) is 20.2 Å². The molecule has 4 nitrogen and oxygen atoms in total. The number of likely N-dealkylation sites (N-methyl/N-ethyl adjacent to an activating group) is 1. The maximum atomic E-state index is 13.0. The summed E-state index contributed by atoms with van der Waals surface area (Å²) in [5.74, 6) is -0.0152. The highest BCUT2D eigenvalue weighted by atomic mass is 35.5. The lowest BCUT2D eigenvalue weighted by Gasteiger charge is -2.28. The van der Waals surface area contributed by atoms with Crippen LogP contribution in [0.1, 0.15) is 194 Å². The number of halogens is 1. The summed E-state index contributed by atoms with van der Waals surface area (Å²) >= 11 is 0. The van der Waals surface area contributed by atoms with Gasteiger partial charge in [-0.3, -0.25) is 0 Å². The molecule has 0 aliphatic rings. The van der Waals surface area contributed by atoms with Crippen LogP contribution in [0.15, 0.2) is 0 Å². The fourth-order valence-electron chi connectivity index (χ4n) is 5.67. The first kappa shape index (κ1) is 41.7. The second-order valence-corrected chi connectivity index (χ2v) is 12.4.